The molecule has 0 saturated carbocycles. The highest BCUT2D eigenvalue weighted by Crippen LogP contribution is 2.48. The minimum atomic E-state index is -0.0869. The maximum atomic E-state index is 6.31. The lowest BCUT2D eigenvalue weighted by Gasteiger charge is -2.44. The average molecular weight is 354 g/mol. The van der Waals surface area contributed by atoms with E-state index in [0.717, 1.165) is 6.42 Å². The van der Waals surface area contributed by atoms with Crippen molar-refractivity contribution in [1.82, 2.24) is 0 Å². The van der Waals surface area contributed by atoms with E-state index in [4.69, 9.17) is 5.73 Å². The summed E-state index contributed by atoms with van der Waals surface area (Å²) < 4.78 is 0. The van der Waals surface area contributed by atoms with Crippen LogP contribution in [0.5, 0.6) is 0 Å². The zero-order valence-corrected chi connectivity index (χ0v) is 19.7. The van der Waals surface area contributed by atoms with Gasteiger partial charge in [-0.1, -0.05) is 81.6 Å². The van der Waals surface area contributed by atoms with E-state index in [0.29, 0.717) is 16.2 Å². The molecule has 0 unspecified atom stereocenters. The third-order valence-electron chi connectivity index (χ3n) is 5.26. The van der Waals surface area contributed by atoms with Gasteiger partial charge in [0.25, 0.3) is 0 Å². The van der Waals surface area contributed by atoms with Crippen LogP contribution in [-0.2, 0) is 0 Å². The molecule has 0 aliphatic carbocycles. The smallest absolute Gasteiger partial charge is 0.0102 e. The van der Waals surface area contributed by atoms with E-state index in [1.807, 2.05) is 0 Å². The molecule has 0 fully saturated rings. The molecule has 0 atom stereocenters. The van der Waals surface area contributed by atoms with E-state index < -0.39 is 0 Å². The lowest BCUT2D eigenvalue weighted by Crippen LogP contribution is -2.39. The fourth-order valence-electron chi connectivity index (χ4n) is 6.25. The minimum Gasteiger partial charge on any atom is -0.326 e. The van der Waals surface area contributed by atoms with Crippen molar-refractivity contribution in [2.45, 2.75) is 133 Å². The van der Waals surface area contributed by atoms with Gasteiger partial charge in [0.15, 0.2) is 0 Å². The van der Waals surface area contributed by atoms with Gasteiger partial charge < -0.3 is 5.73 Å². The van der Waals surface area contributed by atoms with Crippen LogP contribution in [0.2, 0.25) is 0 Å². The van der Waals surface area contributed by atoms with Crippen LogP contribution in [0, 0.1) is 21.7 Å². The summed E-state index contributed by atoms with van der Waals surface area (Å²) in [5.74, 6) is 0. The van der Waals surface area contributed by atoms with Crippen LogP contribution in [0.15, 0.2) is 0 Å². The van der Waals surface area contributed by atoms with E-state index >= 15 is 0 Å². The third-order valence-corrected chi connectivity index (χ3v) is 5.26. The van der Waals surface area contributed by atoms with Gasteiger partial charge in [0.1, 0.15) is 0 Å². The summed E-state index contributed by atoms with van der Waals surface area (Å²) in [7, 11) is 0. The van der Waals surface area contributed by atoms with Gasteiger partial charge in [0.05, 0.1) is 0 Å². The molecule has 0 bridgehead atoms. The van der Waals surface area contributed by atoms with Crippen LogP contribution < -0.4 is 5.73 Å². The number of unbranched alkanes of at least 4 members (excludes halogenated alkanes) is 2. The maximum absolute atomic E-state index is 6.31. The second-order valence-corrected chi connectivity index (χ2v) is 12.8. The van der Waals surface area contributed by atoms with Crippen LogP contribution in [0.3, 0.4) is 0 Å². The quantitative estimate of drug-likeness (QED) is 0.354. The van der Waals surface area contributed by atoms with Gasteiger partial charge in [-0.2, -0.15) is 0 Å². The molecular formula is C24H51N. The lowest BCUT2D eigenvalue weighted by atomic mass is 9.62. The largest absolute Gasteiger partial charge is 0.326 e. The SMILES string of the molecule is CCCCCC(C)(C)CC(C)(C)CC(C)(C)CC(C)(C)CC(C)(C)N. The summed E-state index contributed by atoms with van der Waals surface area (Å²) in [6.07, 6.45) is 10.3. The number of rotatable bonds is 12. The van der Waals surface area contributed by atoms with Crippen molar-refractivity contribution >= 4 is 0 Å². The molecule has 0 aromatic rings. The van der Waals surface area contributed by atoms with Gasteiger partial charge in [0.2, 0.25) is 0 Å². The highest BCUT2D eigenvalue weighted by molar-refractivity contribution is 4.90. The number of hydrogen-bond donors (Lipinski definition) is 1. The predicted molar refractivity (Wildman–Crippen MR) is 116 cm³/mol. The highest BCUT2D eigenvalue weighted by atomic mass is 14.7. The molecule has 0 rings (SSSR count). The maximum Gasteiger partial charge on any atom is 0.0102 e. The van der Waals surface area contributed by atoms with E-state index in [2.05, 4.69) is 76.2 Å². The monoisotopic (exact) mass is 353 g/mol. The van der Waals surface area contributed by atoms with Gasteiger partial charge in [-0.3, -0.25) is 0 Å². The molecule has 0 aromatic heterocycles. The van der Waals surface area contributed by atoms with Crippen molar-refractivity contribution in [3.8, 4) is 0 Å². The Morgan fingerprint density at radius 3 is 1.24 bits per heavy atom. The number of hydrogen-bond acceptors (Lipinski definition) is 1. The van der Waals surface area contributed by atoms with Crippen LogP contribution in [0.25, 0.3) is 0 Å². The van der Waals surface area contributed by atoms with Crippen LogP contribution >= 0.6 is 0 Å². The Kier molecular flexibility index (Phi) is 8.75. The molecule has 152 valence electrons. The molecule has 1 heteroatoms. The van der Waals surface area contributed by atoms with Gasteiger partial charge in [-0.05, 0) is 67.6 Å². The van der Waals surface area contributed by atoms with Crippen molar-refractivity contribution in [2.24, 2.45) is 27.4 Å². The van der Waals surface area contributed by atoms with Crippen molar-refractivity contribution in [3.63, 3.8) is 0 Å². The fourth-order valence-corrected chi connectivity index (χ4v) is 6.25. The first-order valence-corrected chi connectivity index (χ1v) is 10.7. The molecule has 0 aliphatic heterocycles. The Balaban J connectivity index is 4.83. The summed E-state index contributed by atoms with van der Waals surface area (Å²) in [5, 5.41) is 0. The standard InChI is InChI=1S/C24H51N/c1-12-13-14-15-20(2,3)16-21(4,5)17-22(6,7)18-23(8,9)19-24(10,11)25/h12-19,25H2,1-11H3. The molecule has 0 aliphatic rings. The molecule has 2 N–H and O–H groups in total. The second-order valence-electron chi connectivity index (χ2n) is 12.8. The first-order chi connectivity index (χ1) is 10.9. The summed E-state index contributed by atoms with van der Waals surface area (Å²) in [6.45, 7) is 26.2. The number of nitrogens with two attached hydrogens (primary N) is 1. The first kappa shape index (κ1) is 25.0. The summed E-state index contributed by atoms with van der Waals surface area (Å²) >= 11 is 0. The molecule has 25 heavy (non-hydrogen) atoms. The van der Waals surface area contributed by atoms with Crippen LogP contribution in [0.4, 0.5) is 0 Å². The molecule has 0 saturated heterocycles. The molecule has 0 spiro atoms. The molecular weight excluding hydrogens is 302 g/mol. The van der Waals surface area contributed by atoms with Gasteiger partial charge in [-0.15, -0.1) is 0 Å². The van der Waals surface area contributed by atoms with Crippen LogP contribution in [0.1, 0.15) is 128 Å². The van der Waals surface area contributed by atoms with E-state index in [1.165, 1.54) is 44.9 Å². The Bertz CT molecular complexity index is 379. The third kappa shape index (κ3) is 12.9. The van der Waals surface area contributed by atoms with Gasteiger partial charge >= 0.3 is 0 Å². The zero-order chi connectivity index (χ0) is 20.2. The fraction of sp³-hybridized carbons (Fsp3) is 1.00. The van der Waals surface area contributed by atoms with Gasteiger partial charge in [-0.25, -0.2) is 0 Å². The van der Waals surface area contributed by atoms with Gasteiger partial charge in [0, 0.05) is 5.54 Å². The minimum absolute atomic E-state index is 0.0869. The lowest BCUT2D eigenvalue weighted by molar-refractivity contribution is 0.0766. The Morgan fingerprint density at radius 2 is 0.880 bits per heavy atom. The Labute approximate surface area is 160 Å². The van der Waals surface area contributed by atoms with Crippen molar-refractivity contribution in [2.75, 3.05) is 0 Å². The van der Waals surface area contributed by atoms with E-state index in [-0.39, 0.29) is 11.0 Å². The normalized spacial score (nSPS) is 14.9. The molecule has 0 amide bonds. The molecule has 0 radical (unpaired) electrons. The summed E-state index contributed by atoms with van der Waals surface area (Å²) in [6, 6.07) is 0. The van der Waals surface area contributed by atoms with Crippen molar-refractivity contribution in [1.29, 1.82) is 0 Å². The predicted octanol–water partition coefficient (Wildman–Crippen LogP) is 7.97. The Hall–Kier alpha value is -0.0400. The summed E-state index contributed by atoms with van der Waals surface area (Å²) in [5.41, 5.74) is 7.68. The average Bonchev–Trinajstić information content (AvgIpc) is 2.18. The highest BCUT2D eigenvalue weighted by Gasteiger charge is 2.37. The molecule has 0 aromatic carbocycles. The zero-order valence-electron chi connectivity index (χ0n) is 19.7. The molecule has 0 heterocycles. The van der Waals surface area contributed by atoms with E-state index in [1.54, 1.807) is 0 Å². The second kappa shape index (κ2) is 8.77. The van der Waals surface area contributed by atoms with E-state index in [9.17, 15) is 0 Å². The van der Waals surface area contributed by atoms with Crippen molar-refractivity contribution < 1.29 is 0 Å². The van der Waals surface area contributed by atoms with Crippen LogP contribution in [-0.4, -0.2) is 5.54 Å². The first-order valence-electron chi connectivity index (χ1n) is 10.7. The Morgan fingerprint density at radius 1 is 0.520 bits per heavy atom. The summed E-state index contributed by atoms with van der Waals surface area (Å²) in [4.78, 5) is 0. The van der Waals surface area contributed by atoms with Crippen molar-refractivity contribution in [3.05, 3.63) is 0 Å². The molecule has 1 nitrogen and oxygen atoms in total. The topological polar surface area (TPSA) is 26.0 Å².